The molecular weight excluding hydrogens is 180 g/mol. The van der Waals surface area contributed by atoms with Crippen LogP contribution in [-0.4, -0.2) is 48.6 Å². The number of carbonyl (C=O) groups is 1. The van der Waals surface area contributed by atoms with E-state index in [1.165, 1.54) is 4.90 Å². The largest absolute Gasteiger partial charge is 0.331 e. The number of nitriles is 1. The summed E-state index contributed by atoms with van der Waals surface area (Å²) in [7, 11) is 3.44. The van der Waals surface area contributed by atoms with Gasteiger partial charge in [-0.15, -0.1) is 0 Å². The maximum absolute atomic E-state index is 11.5. The van der Waals surface area contributed by atoms with Crippen LogP contribution in [0.15, 0.2) is 0 Å². The first kappa shape index (κ1) is 10.8. The number of urea groups is 1. The first-order chi connectivity index (χ1) is 6.48. The van der Waals surface area contributed by atoms with Crippen LogP contribution >= 0.6 is 0 Å². The first-order valence-electron chi connectivity index (χ1n) is 4.65. The van der Waals surface area contributed by atoms with Gasteiger partial charge in [0.15, 0.2) is 0 Å². The molecule has 14 heavy (non-hydrogen) atoms. The summed E-state index contributed by atoms with van der Waals surface area (Å²) in [5.41, 5.74) is 5.05. The van der Waals surface area contributed by atoms with Gasteiger partial charge in [0.05, 0.1) is 6.07 Å². The van der Waals surface area contributed by atoms with Gasteiger partial charge in [-0.25, -0.2) is 4.79 Å². The van der Waals surface area contributed by atoms with Gasteiger partial charge in [0.1, 0.15) is 5.54 Å². The summed E-state index contributed by atoms with van der Waals surface area (Å²) in [6.07, 6.45) is 1.12. The van der Waals surface area contributed by atoms with Crippen LogP contribution in [0.3, 0.4) is 0 Å². The van der Waals surface area contributed by atoms with Crippen molar-refractivity contribution in [2.45, 2.75) is 18.4 Å². The quantitative estimate of drug-likeness (QED) is 0.592. The summed E-state index contributed by atoms with van der Waals surface area (Å²) in [5, 5.41) is 8.80. The van der Waals surface area contributed by atoms with Gasteiger partial charge >= 0.3 is 6.03 Å². The zero-order valence-corrected chi connectivity index (χ0v) is 8.66. The van der Waals surface area contributed by atoms with Gasteiger partial charge in [-0.2, -0.15) is 5.26 Å². The minimum Gasteiger partial charge on any atom is -0.331 e. The van der Waals surface area contributed by atoms with E-state index < -0.39 is 5.54 Å². The van der Waals surface area contributed by atoms with E-state index in [2.05, 4.69) is 6.07 Å². The molecule has 0 atom stereocenters. The summed E-state index contributed by atoms with van der Waals surface area (Å²) in [4.78, 5) is 14.8. The Kier molecular flexibility index (Phi) is 2.96. The second-order valence-electron chi connectivity index (χ2n) is 3.93. The van der Waals surface area contributed by atoms with Crippen LogP contribution in [0.25, 0.3) is 0 Å². The highest BCUT2D eigenvalue weighted by Crippen LogP contribution is 2.19. The second-order valence-corrected chi connectivity index (χ2v) is 3.93. The van der Waals surface area contributed by atoms with Crippen molar-refractivity contribution >= 4 is 6.03 Å². The predicted octanol–water partition coefficient (Wildman–Crippen LogP) is -0.0151. The molecule has 0 spiro atoms. The molecule has 5 heteroatoms. The van der Waals surface area contributed by atoms with Gasteiger partial charge in [-0.05, 0) is 12.8 Å². The molecule has 1 heterocycles. The number of hydrogen-bond acceptors (Lipinski definition) is 3. The number of rotatable bonds is 0. The molecule has 0 aliphatic carbocycles. The highest BCUT2D eigenvalue weighted by atomic mass is 16.2. The molecular formula is C9H16N4O. The Labute approximate surface area is 84.1 Å². The number of nitrogens with two attached hydrogens (primary N) is 1. The molecule has 1 aliphatic rings. The average molecular weight is 196 g/mol. The van der Waals surface area contributed by atoms with Crippen LogP contribution in [0.5, 0.6) is 0 Å². The molecule has 0 aromatic rings. The number of nitrogens with zero attached hydrogens (tertiary/aromatic N) is 3. The summed E-state index contributed by atoms with van der Waals surface area (Å²) < 4.78 is 0. The Morgan fingerprint density at radius 3 is 2.36 bits per heavy atom. The summed E-state index contributed by atoms with van der Waals surface area (Å²) in [5.74, 6) is 0. The first-order valence-corrected chi connectivity index (χ1v) is 4.65. The third-order valence-corrected chi connectivity index (χ3v) is 2.53. The molecule has 2 amide bonds. The smallest absolute Gasteiger partial charge is 0.319 e. The molecule has 0 saturated carbocycles. The maximum Gasteiger partial charge on any atom is 0.319 e. The summed E-state index contributed by atoms with van der Waals surface area (Å²) >= 11 is 0. The fraction of sp³-hybridized carbons (Fsp3) is 0.778. The molecule has 1 rings (SSSR count). The van der Waals surface area contributed by atoms with Gasteiger partial charge in [-0.1, -0.05) is 0 Å². The van der Waals surface area contributed by atoms with Crippen molar-refractivity contribution in [1.82, 2.24) is 9.80 Å². The zero-order chi connectivity index (χ0) is 10.8. The molecule has 2 N–H and O–H groups in total. The number of likely N-dealkylation sites (tertiary alicyclic amines) is 1. The second kappa shape index (κ2) is 3.84. The SMILES string of the molecule is CN(C)C(=O)N1CCC(N)(C#N)CC1. The maximum atomic E-state index is 11.5. The molecule has 5 nitrogen and oxygen atoms in total. The van der Waals surface area contributed by atoms with Crippen molar-refractivity contribution in [3.63, 3.8) is 0 Å². The van der Waals surface area contributed by atoms with Crippen LogP contribution in [0.4, 0.5) is 4.79 Å². The van der Waals surface area contributed by atoms with E-state index in [1.807, 2.05) is 0 Å². The molecule has 0 aromatic carbocycles. The molecule has 0 unspecified atom stereocenters. The van der Waals surface area contributed by atoms with Crippen molar-refractivity contribution in [3.8, 4) is 6.07 Å². The van der Waals surface area contributed by atoms with Crippen LogP contribution in [-0.2, 0) is 0 Å². The molecule has 1 saturated heterocycles. The Bertz CT molecular complexity index is 260. The molecule has 78 valence electrons. The average Bonchev–Trinajstić information content (AvgIpc) is 2.18. The number of carbonyl (C=O) groups excluding carboxylic acids is 1. The molecule has 0 radical (unpaired) electrons. The minimum atomic E-state index is -0.733. The van der Waals surface area contributed by atoms with Crippen LogP contribution < -0.4 is 5.73 Å². The van der Waals surface area contributed by atoms with Crippen LogP contribution in [0.2, 0.25) is 0 Å². The monoisotopic (exact) mass is 196 g/mol. The van der Waals surface area contributed by atoms with Crippen molar-refractivity contribution in [1.29, 1.82) is 5.26 Å². The van der Waals surface area contributed by atoms with Gasteiger partial charge in [0.25, 0.3) is 0 Å². The lowest BCUT2D eigenvalue weighted by molar-refractivity contribution is 0.149. The standard InChI is InChI=1S/C9H16N4O/c1-12(2)8(14)13-5-3-9(11,7-10)4-6-13/h3-6,11H2,1-2H3. The normalized spacial score (nSPS) is 20.0. The highest BCUT2D eigenvalue weighted by molar-refractivity contribution is 5.73. The van der Waals surface area contributed by atoms with Gasteiger partial charge in [0, 0.05) is 27.2 Å². The minimum absolute atomic E-state index is 0.00927. The van der Waals surface area contributed by atoms with E-state index >= 15 is 0 Å². The Morgan fingerprint density at radius 2 is 2.00 bits per heavy atom. The van der Waals surface area contributed by atoms with E-state index in [-0.39, 0.29) is 6.03 Å². The topological polar surface area (TPSA) is 73.4 Å². The van der Waals surface area contributed by atoms with Gasteiger partial charge in [-0.3, -0.25) is 0 Å². The zero-order valence-electron chi connectivity index (χ0n) is 8.66. The Morgan fingerprint density at radius 1 is 1.50 bits per heavy atom. The van der Waals surface area contributed by atoms with E-state index in [4.69, 9.17) is 11.0 Å². The van der Waals surface area contributed by atoms with Crippen molar-refractivity contribution in [2.75, 3.05) is 27.2 Å². The molecule has 1 aliphatic heterocycles. The lowest BCUT2D eigenvalue weighted by Crippen LogP contribution is -2.52. The Hall–Kier alpha value is -1.28. The molecule has 0 aromatic heterocycles. The Balaban J connectivity index is 2.52. The fourth-order valence-corrected chi connectivity index (χ4v) is 1.49. The summed E-state index contributed by atoms with van der Waals surface area (Å²) in [6.45, 7) is 1.14. The van der Waals surface area contributed by atoms with Crippen molar-refractivity contribution in [2.24, 2.45) is 5.73 Å². The van der Waals surface area contributed by atoms with Gasteiger partial charge in [0.2, 0.25) is 0 Å². The highest BCUT2D eigenvalue weighted by Gasteiger charge is 2.32. The fourth-order valence-electron chi connectivity index (χ4n) is 1.49. The van der Waals surface area contributed by atoms with E-state index in [1.54, 1.807) is 19.0 Å². The number of piperidine rings is 1. The lowest BCUT2D eigenvalue weighted by atomic mass is 9.90. The molecule has 1 fully saturated rings. The summed E-state index contributed by atoms with van der Waals surface area (Å²) in [6, 6.07) is 2.09. The predicted molar refractivity (Wildman–Crippen MR) is 52.4 cm³/mol. The van der Waals surface area contributed by atoms with Crippen molar-refractivity contribution in [3.05, 3.63) is 0 Å². The van der Waals surface area contributed by atoms with Crippen LogP contribution in [0, 0.1) is 11.3 Å². The third-order valence-electron chi connectivity index (χ3n) is 2.53. The van der Waals surface area contributed by atoms with Gasteiger partial charge < -0.3 is 15.5 Å². The lowest BCUT2D eigenvalue weighted by Gasteiger charge is -2.35. The van der Waals surface area contributed by atoms with E-state index in [9.17, 15) is 4.79 Å². The number of hydrogen-bond donors (Lipinski definition) is 1. The van der Waals surface area contributed by atoms with E-state index in [0.29, 0.717) is 25.9 Å². The molecule has 0 bridgehead atoms. The van der Waals surface area contributed by atoms with Crippen molar-refractivity contribution < 1.29 is 4.79 Å². The third kappa shape index (κ3) is 2.15. The van der Waals surface area contributed by atoms with E-state index in [0.717, 1.165) is 0 Å². The van der Waals surface area contributed by atoms with Crippen LogP contribution in [0.1, 0.15) is 12.8 Å². The number of amides is 2.